The number of carbonyl (C=O) groups is 1. The van der Waals surface area contributed by atoms with E-state index in [0.29, 0.717) is 11.8 Å². The molecule has 2 nitrogen and oxygen atoms in total. The second-order valence-corrected chi connectivity index (χ2v) is 8.74. The SMILES string of the molecule is CC(C)=C(OC(=O)C(C)(C)C)[C@@H]1C2CCCCC21c1ccccc1. The van der Waals surface area contributed by atoms with E-state index < -0.39 is 5.41 Å². The Labute approximate surface area is 146 Å². The van der Waals surface area contributed by atoms with Crippen molar-refractivity contribution < 1.29 is 9.53 Å². The Balaban J connectivity index is 1.95. The van der Waals surface area contributed by atoms with E-state index in [1.165, 1.54) is 31.2 Å². The van der Waals surface area contributed by atoms with Crippen molar-refractivity contribution in [2.75, 3.05) is 0 Å². The summed E-state index contributed by atoms with van der Waals surface area (Å²) in [6.45, 7) is 9.92. The molecule has 0 radical (unpaired) electrons. The van der Waals surface area contributed by atoms with Crippen molar-refractivity contribution in [2.45, 2.75) is 65.7 Å². The maximum absolute atomic E-state index is 12.5. The monoisotopic (exact) mass is 326 g/mol. The number of allylic oxidation sites excluding steroid dienone is 2. The van der Waals surface area contributed by atoms with Gasteiger partial charge < -0.3 is 4.74 Å². The molecule has 2 unspecified atom stereocenters. The molecule has 2 saturated carbocycles. The molecule has 24 heavy (non-hydrogen) atoms. The Morgan fingerprint density at radius 1 is 1.12 bits per heavy atom. The third kappa shape index (κ3) is 2.81. The van der Waals surface area contributed by atoms with Gasteiger partial charge in [0.15, 0.2) is 0 Å². The molecule has 3 rings (SSSR count). The predicted octanol–water partition coefficient (Wildman–Crippen LogP) is 5.63. The van der Waals surface area contributed by atoms with Crippen molar-refractivity contribution in [1.29, 1.82) is 0 Å². The molecule has 0 bridgehead atoms. The van der Waals surface area contributed by atoms with Gasteiger partial charge in [-0.25, -0.2) is 0 Å². The van der Waals surface area contributed by atoms with Crippen molar-refractivity contribution >= 4 is 5.97 Å². The highest BCUT2D eigenvalue weighted by Crippen LogP contribution is 2.70. The molecule has 0 heterocycles. The van der Waals surface area contributed by atoms with E-state index in [4.69, 9.17) is 4.74 Å². The number of ether oxygens (including phenoxy) is 1. The number of fused-ring (bicyclic) bond motifs is 1. The molecule has 0 saturated heterocycles. The van der Waals surface area contributed by atoms with Crippen LogP contribution in [-0.4, -0.2) is 5.97 Å². The second-order valence-electron chi connectivity index (χ2n) is 8.74. The third-order valence-electron chi connectivity index (χ3n) is 5.77. The smallest absolute Gasteiger partial charge is 0.316 e. The molecule has 2 aliphatic carbocycles. The van der Waals surface area contributed by atoms with Crippen molar-refractivity contribution in [3.8, 4) is 0 Å². The number of esters is 1. The number of hydrogen-bond donors (Lipinski definition) is 0. The molecule has 3 atom stereocenters. The molecular weight excluding hydrogens is 296 g/mol. The van der Waals surface area contributed by atoms with E-state index in [9.17, 15) is 4.79 Å². The van der Waals surface area contributed by atoms with Crippen molar-refractivity contribution in [2.24, 2.45) is 17.3 Å². The van der Waals surface area contributed by atoms with Gasteiger partial charge in [-0.3, -0.25) is 4.79 Å². The Bertz CT molecular complexity index is 646. The molecule has 0 amide bonds. The van der Waals surface area contributed by atoms with Crippen LogP contribution < -0.4 is 0 Å². The first kappa shape index (κ1) is 17.3. The average Bonchev–Trinajstić information content (AvgIpc) is 3.22. The fraction of sp³-hybridized carbons (Fsp3) is 0.591. The first-order chi connectivity index (χ1) is 11.3. The zero-order chi connectivity index (χ0) is 17.5. The summed E-state index contributed by atoms with van der Waals surface area (Å²) < 4.78 is 5.98. The Hall–Kier alpha value is -1.57. The average molecular weight is 326 g/mol. The van der Waals surface area contributed by atoms with Gasteiger partial charge in [-0.05, 0) is 64.5 Å². The third-order valence-corrected chi connectivity index (χ3v) is 5.77. The van der Waals surface area contributed by atoms with Crippen molar-refractivity contribution in [3.05, 3.63) is 47.2 Å². The van der Waals surface area contributed by atoms with Gasteiger partial charge in [0, 0.05) is 11.3 Å². The summed E-state index contributed by atoms with van der Waals surface area (Å²) in [5.41, 5.74) is 2.28. The van der Waals surface area contributed by atoms with Gasteiger partial charge in [0.1, 0.15) is 5.76 Å². The van der Waals surface area contributed by atoms with E-state index >= 15 is 0 Å². The van der Waals surface area contributed by atoms with Crippen LogP contribution in [0.1, 0.15) is 65.9 Å². The quantitative estimate of drug-likeness (QED) is 0.531. The van der Waals surface area contributed by atoms with Crippen molar-refractivity contribution in [3.63, 3.8) is 0 Å². The summed E-state index contributed by atoms with van der Waals surface area (Å²) in [7, 11) is 0. The molecule has 2 heteroatoms. The minimum atomic E-state index is -0.472. The lowest BCUT2D eigenvalue weighted by atomic mass is 9.82. The summed E-state index contributed by atoms with van der Waals surface area (Å²) >= 11 is 0. The Kier molecular flexibility index (Phi) is 4.36. The topological polar surface area (TPSA) is 26.3 Å². The molecule has 0 aliphatic heterocycles. The van der Waals surface area contributed by atoms with Crippen LogP contribution in [0.2, 0.25) is 0 Å². The molecule has 0 N–H and O–H groups in total. The van der Waals surface area contributed by atoms with Gasteiger partial charge in [0.05, 0.1) is 5.41 Å². The largest absolute Gasteiger partial charge is 0.430 e. The van der Waals surface area contributed by atoms with Crippen LogP contribution in [0.25, 0.3) is 0 Å². The summed E-state index contributed by atoms with van der Waals surface area (Å²) in [6, 6.07) is 10.9. The zero-order valence-electron chi connectivity index (χ0n) is 15.7. The predicted molar refractivity (Wildman–Crippen MR) is 97.5 cm³/mol. The standard InChI is InChI=1S/C22H30O2/c1-15(2)19(24-20(23)21(3,4)5)18-17-13-9-10-14-22(17,18)16-11-7-6-8-12-16/h6-8,11-12,17-18H,9-10,13-14H2,1-5H3/t17?,18-,22?/m0/s1. The van der Waals surface area contributed by atoms with Gasteiger partial charge in [-0.2, -0.15) is 0 Å². The summed E-state index contributed by atoms with van der Waals surface area (Å²) in [5, 5.41) is 0. The Morgan fingerprint density at radius 2 is 1.79 bits per heavy atom. The molecule has 1 aromatic rings. The van der Waals surface area contributed by atoms with Gasteiger partial charge >= 0.3 is 5.97 Å². The zero-order valence-corrected chi connectivity index (χ0v) is 15.7. The molecule has 130 valence electrons. The van der Waals surface area contributed by atoms with E-state index in [0.717, 1.165) is 11.3 Å². The van der Waals surface area contributed by atoms with Crippen molar-refractivity contribution in [1.82, 2.24) is 0 Å². The number of carbonyl (C=O) groups excluding carboxylic acids is 1. The number of hydrogen-bond acceptors (Lipinski definition) is 2. The molecular formula is C22H30O2. The van der Waals surface area contributed by atoms with Crippen LogP contribution in [0.3, 0.4) is 0 Å². The minimum absolute atomic E-state index is 0.120. The van der Waals surface area contributed by atoms with Crippen LogP contribution in [0.5, 0.6) is 0 Å². The maximum Gasteiger partial charge on any atom is 0.316 e. The lowest BCUT2D eigenvalue weighted by Crippen LogP contribution is -2.24. The minimum Gasteiger partial charge on any atom is -0.430 e. The van der Waals surface area contributed by atoms with E-state index in [-0.39, 0.29) is 11.4 Å². The van der Waals surface area contributed by atoms with Gasteiger partial charge in [0.25, 0.3) is 0 Å². The number of rotatable bonds is 3. The molecule has 2 aliphatic rings. The molecule has 1 aromatic carbocycles. The van der Waals surface area contributed by atoms with Gasteiger partial charge in [-0.1, -0.05) is 43.2 Å². The summed E-state index contributed by atoms with van der Waals surface area (Å²) in [4.78, 5) is 12.5. The first-order valence-electron chi connectivity index (χ1n) is 9.23. The van der Waals surface area contributed by atoms with Crippen LogP contribution in [0.4, 0.5) is 0 Å². The van der Waals surface area contributed by atoms with Crippen LogP contribution >= 0.6 is 0 Å². The molecule has 0 spiro atoms. The van der Waals surface area contributed by atoms with Gasteiger partial charge in [0.2, 0.25) is 0 Å². The molecule has 2 fully saturated rings. The lowest BCUT2D eigenvalue weighted by molar-refractivity contribution is -0.149. The van der Waals surface area contributed by atoms with Crippen LogP contribution in [0.15, 0.2) is 41.7 Å². The summed E-state index contributed by atoms with van der Waals surface area (Å²) in [6.07, 6.45) is 5.00. The highest BCUT2D eigenvalue weighted by Gasteiger charge is 2.67. The van der Waals surface area contributed by atoms with E-state index in [1.807, 2.05) is 20.8 Å². The fourth-order valence-electron chi connectivity index (χ4n) is 4.50. The van der Waals surface area contributed by atoms with Crippen LogP contribution in [-0.2, 0) is 14.9 Å². The van der Waals surface area contributed by atoms with Gasteiger partial charge in [-0.15, -0.1) is 0 Å². The Morgan fingerprint density at radius 3 is 2.38 bits per heavy atom. The number of benzene rings is 1. The second kappa shape index (κ2) is 6.06. The normalized spacial score (nSPS) is 28.7. The fourth-order valence-corrected chi connectivity index (χ4v) is 4.50. The highest BCUT2D eigenvalue weighted by atomic mass is 16.5. The molecule has 0 aromatic heterocycles. The summed E-state index contributed by atoms with van der Waals surface area (Å²) in [5.74, 6) is 1.79. The maximum atomic E-state index is 12.5. The highest BCUT2D eigenvalue weighted by molar-refractivity contribution is 5.76. The van der Waals surface area contributed by atoms with Crippen LogP contribution in [0, 0.1) is 17.3 Å². The lowest BCUT2D eigenvalue weighted by Gasteiger charge is -2.24. The first-order valence-corrected chi connectivity index (χ1v) is 9.23. The van der Waals surface area contributed by atoms with E-state index in [2.05, 4.69) is 44.2 Å². The van der Waals surface area contributed by atoms with E-state index in [1.54, 1.807) is 0 Å².